The second-order valence-corrected chi connectivity index (χ2v) is 2.96. The van der Waals surface area contributed by atoms with Crippen LogP contribution < -0.4 is 4.74 Å². The third-order valence-electron chi connectivity index (χ3n) is 1.96. The first-order valence-electron chi connectivity index (χ1n) is 4.24. The van der Waals surface area contributed by atoms with Crippen LogP contribution in [-0.2, 0) is 0 Å². The Bertz CT molecular complexity index is 539. The number of rotatable bonds is 3. The molecule has 2 N–H and O–H groups in total. The molecule has 0 unspecified atom stereocenters. The Kier molecular flexibility index (Phi) is 2.43. The molecule has 2 rings (SSSR count). The van der Waals surface area contributed by atoms with Gasteiger partial charge in [-0.25, -0.2) is 4.79 Å². The standard InChI is InChI=1S/C9H6F2N2O3/c10-9(11)16-4-1-2-5-6(3-4)12-13-7(5)8(14)15/h1-3,9H,(H,12,13)(H,14,15). The van der Waals surface area contributed by atoms with Crippen LogP contribution in [0.3, 0.4) is 0 Å². The number of carbonyl (C=O) groups is 1. The predicted octanol–water partition coefficient (Wildman–Crippen LogP) is 1.86. The SMILES string of the molecule is O=C(O)c1n[nH]c2cc(OC(F)F)ccc12. The van der Waals surface area contributed by atoms with Gasteiger partial charge < -0.3 is 9.84 Å². The van der Waals surface area contributed by atoms with E-state index >= 15 is 0 Å². The zero-order valence-electron chi connectivity index (χ0n) is 7.78. The molecule has 7 heteroatoms. The second kappa shape index (κ2) is 3.76. The first-order chi connectivity index (χ1) is 7.58. The van der Waals surface area contributed by atoms with Crippen LogP contribution in [0.2, 0.25) is 0 Å². The Morgan fingerprint density at radius 1 is 1.50 bits per heavy atom. The molecule has 1 heterocycles. The monoisotopic (exact) mass is 228 g/mol. The average Bonchev–Trinajstić information content (AvgIpc) is 2.59. The summed E-state index contributed by atoms with van der Waals surface area (Å²) in [6.07, 6.45) is 0. The molecule has 0 spiro atoms. The van der Waals surface area contributed by atoms with E-state index in [4.69, 9.17) is 5.11 Å². The van der Waals surface area contributed by atoms with Crippen molar-refractivity contribution in [1.82, 2.24) is 10.2 Å². The highest BCUT2D eigenvalue weighted by Gasteiger charge is 2.13. The number of ether oxygens (including phenoxy) is 1. The molecule has 84 valence electrons. The van der Waals surface area contributed by atoms with E-state index in [9.17, 15) is 13.6 Å². The van der Waals surface area contributed by atoms with Gasteiger partial charge in [-0.3, -0.25) is 5.10 Å². The minimum absolute atomic E-state index is 0.0527. The van der Waals surface area contributed by atoms with E-state index in [1.807, 2.05) is 0 Å². The van der Waals surface area contributed by atoms with Crippen molar-refractivity contribution in [1.29, 1.82) is 0 Å². The molecule has 0 atom stereocenters. The van der Waals surface area contributed by atoms with Crippen molar-refractivity contribution in [3.05, 3.63) is 23.9 Å². The molecule has 0 bridgehead atoms. The maximum atomic E-state index is 11.9. The Balaban J connectivity index is 2.45. The number of carboxylic acid groups (broad SMARTS) is 1. The lowest BCUT2D eigenvalue weighted by Crippen LogP contribution is -2.01. The van der Waals surface area contributed by atoms with Gasteiger partial charge in [0.1, 0.15) is 5.75 Å². The zero-order chi connectivity index (χ0) is 11.7. The van der Waals surface area contributed by atoms with E-state index in [-0.39, 0.29) is 11.4 Å². The van der Waals surface area contributed by atoms with Crippen LogP contribution in [0.4, 0.5) is 8.78 Å². The number of nitrogens with one attached hydrogen (secondary N) is 1. The van der Waals surface area contributed by atoms with Crippen LogP contribution in [0, 0.1) is 0 Å². The molecular weight excluding hydrogens is 222 g/mol. The third-order valence-corrected chi connectivity index (χ3v) is 1.96. The van der Waals surface area contributed by atoms with Crippen LogP contribution in [0.1, 0.15) is 10.5 Å². The van der Waals surface area contributed by atoms with E-state index in [0.717, 1.165) is 0 Å². The minimum Gasteiger partial charge on any atom is -0.476 e. The molecule has 0 fully saturated rings. The molecule has 0 aliphatic rings. The minimum atomic E-state index is -2.92. The molecule has 5 nitrogen and oxygen atoms in total. The number of fused-ring (bicyclic) bond motifs is 1. The lowest BCUT2D eigenvalue weighted by Gasteiger charge is -2.03. The smallest absolute Gasteiger partial charge is 0.387 e. The Morgan fingerprint density at radius 2 is 2.25 bits per heavy atom. The Labute approximate surface area is 87.6 Å². The molecule has 0 saturated carbocycles. The highest BCUT2D eigenvalue weighted by Crippen LogP contribution is 2.22. The lowest BCUT2D eigenvalue weighted by atomic mass is 10.2. The van der Waals surface area contributed by atoms with Crippen molar-refractivity contribution in [2.75, 3.05) is 0 Å². The van der Waals surface area contributed by atoms with Crippen molar-refractivity contribution in [2.24, 2.45) is 0 Å². The molecular formula is C9H6F2N2O3. The van der Waals surface area contributed by atoms with Crippen LogP contribution in [0.5, 0.6) is 5.75 Å². The van der Waals surface area contributed by atoms with Crippen molar-refractivity contribution in [3.8, 4) is 5.75 Å². The number of benzene rings is 1. The molecule has 1 aromatic heterocycles. The highest BCUT2D eigenvalue weighted by molar-refractivity contribution is 6.01. The maximum absolute atomic E-state index is 11.9. The number of alkyl halides is 2. The van der Waals surface area contributed by atoms with E-state index in [1.165, 1.54) is 18.2 Å². The van der Waals surface area contributed by atoms with E-state index in [2.05, 4.69) is 14.9 Å². The maximum Gasteiger partial charge on any atom is 0.387 e. The fraction of sp³-hybridized carbons (Fsp3) is 0.111. The van der Waals surface area contributed by atoms with Crippen LogP contribution in [-0.4, -0.2) is 27.9 Å². The van der Waals surface area contributed by atoms with Gasteiger partial charge in [-0.05, 0) is 12.1 Å². The van der Waals surface area contributed by atoms with Gasteiger partial charge in [0.15, 0.2) is 5.69 Å². The Morgan fingerprint density at radius 3 is 2.88 bits per heavy atom. The second-order valence-electron chi connectivity index (χ2n) is 2.96. The number of H-pyrrole nitrogens is 1. The molecule has 0 aliphatic carbocycles. The summed E-state index contributed by atoms with van der Waals surface area (Å²) in [5, 5.41) is 15.1. The fourth-order valence-corrected chi connectivity index (χ4v) is 1.34. The van der Waals surface area contributed by atoms with Gasteiger partial charge in [-0.15, -0.1) is 0 Å². The van der Waals surface area contributed by atoms with Crippen molar-refractivity contribution in [3.63, 3.8) is 0 Å². The first kappa shape index (κ1) is 10.3. The van der Waals surface area contributed by atoms with E-state index in [0.29, 0.717) is 10.9 Å². The average molecular weight is 228 g/mol. The summed E-state index contributed by atoms with van der Waals surface area (Å²) in [5.74, 6) is -1.24. The summed E-state index contributed by atoms with van der Waals surface area (Å²) < 4.78 is 28.0. The first-order valence-corrected chi connectivity index (χ1v) is 4.24. The molecule has 0 amide bonds. The summed E-state index contributed by atoms with van der Waals surface area (Å²) in [5.41, 5.74) is 0.175. The number of carboxylic acids is 1. The summed E-state index contributed by atoms with van der Waals surface area (Å²) in [6.45, 7) is -2.92. The van der Waals surface area contributed by atoms with Crippen molar-refractivity contribution >= 4 is 16.9 Å². The predicted molar refractivity (Wildman–Crippen MR) is 49.7 cm³/mol. The van der Waals surface area contributed by atoms with Gasteiger partial charge in [-0.1, -0.05) is 0 Å². The molecule has 1 aromatic carbocycles. The molecule has 16 heavy (non-hydrogen) atoms. The highest BCUT2D eigenvalue weighted by atomic mass is 19.3. The quantitative estimate of drug-likeness (QED) is 0.840. The molecule has 0 aliphatic heterocycles. The zero-order valence-corrected chi connectivity index (χ0v) is 7.78. The van der Waals surface area contributed by atoms with E-state index < -0.39 is 12.6 Å². The van der Waals surface area contributed by atoms with Gasteiger partial charge >= 0.3 is 12.6 Å². The molecule has 0 saturated heterocycles. The van der Waals surface area contributed by atoms with Crippen LogP contribution in [0.15, 0.2) is 18.2 Å². The van der Waals surface area contributed by atoms with E-state index in [1.54, 1.807) is 0 Å². The van der Waals surface area contributed by atoms with Crippen LogP contribution in [0.25, 0.3) is 10.9 Å². The number of halogens is 2. The molecule has 0 radical (unpaired) electrons. The Hall–Kier alpha value is -2.18. The topological polar surface area (TPSA) is 75.2 Å². The number of hydrogen-bond acceptors (Lipinski definition) is 3. The number of hydrogen-bond donors (Lipinski definition) is 2. The van der Waals surface area contributed by atoms with Crippen molar-refractivity contribution in [2.45, 2.75) is 6.61 Å². The summed E-state index contributed by atoms with van der Waals surface area (Å²) in [7, 11) is 0. The third kappa shape index (κ3) is 1.79. The number of nitrogens with zero attached hydrogens (tertiary/aromatic N) is 1. The lowest BCUT2D eigenvalue weighted by molar-refractivity contribution is -0.0497. The number of aromatic carboxylic acids is 1. The largest absolute Gasteiger partial charge is 0.476 e. The van der Waals surface area contributed by atoms with Gasteiger partial charge in [-0.2, -0.15) is 13.9 Å². The van der Waals surface area contributed by atoms with Crippen molar-refractivity contribution < 1.29 is 23.4 Å². The molecule has 2 aromatic rings. The summed E-state index contributed by atoms with van der Waals surface area (Å²) >= 11 is 0. The van der Waals surface area contributed by atoms with Gasteiger partial charge in [0.2, 0.25) is 0 Å². The normalized spacial score (nSPS) is 10.9. The van der Waals surface area contributed by atoms with Gasteiger partial charge in [0, 0.05) is 11.5 Å². The van der Waals surface area contributed by atoms with Crippen LogP contribution >= 0.6 is 0 Å². The number of aromatic nitrogens is 2. The van der Waals surface area contributed by atoms with Gasteiger partial charge in [0.25, 0.3) is 0 Å². The van der Waals surface area contributed by atoms with Gasteiger partial charge in [0.05, 0.1) is 5.52 Å². The summed E-state index contributed by atoms with van der Waals surface area (Å²) in [6, 6.07) is 3.89. The number of aromatic amines is 1. The fourth-order valence-electron chi connectivity index (χ4n) is 1.34. The summed E-state index contributed by atoms with van der Waals surface area (Å²) in [4.78, 5) is 10.7.